The number of carbonyl (C=O) groups excluding carboxylic acids is 1. The Morgan fingerprint density at radius 1 is 1.42 bits per heavy atom. The van der Waals surface area contributed by atoms with Crippen LogP contribution in [0.15, 0.2) is 29.8 Å². The maximum absolute atomic E-state index is 12.3. The van der Waals surface area contributed by atoms with E-state index in [0.29, 0.717) is 12.4 Å². The van der Waals surface area contributed by atoms with E-state index >= 15 is 0 Å². The molecule has 4 rings (SSSR count). The highest BCUT2D eigenvalue weighted by Crippen LogP contribution is 2.16. The zero-order chi connectivity index (χ0) is 16.5. The van der Waals surface area contributed by atoms with Gasteiger partial charge in [0.2, 0.25) is 0 Å². The van der Waals surface area contributed by atoms with Crippen molar-refractivity contribution in [1.29, 1.82) is 0 Å². The van der Waals surface area contributed by atoms with Gasteiger partial charge in [0.05, 0.1) is 25.0 Å². The number of fused-ring (bicyclic) bond motifs is 1. The molecule has 0 atom stereocenters. The number of carbonyl (C=O) groups is 1. The van der Waals surface area contributed by atoms with Crippen molar-refractivity contribution >= 4 is 23.1 Å². The Morgan fingerprint density at radius 3 is 3.17 bits per heavy atom. The number of hydrogen-bond acceptors (Lipinski definition) is 6. The van der Waals surface area contributed by atoms with Crippen LogP contribution in [0.1, 0.15) is 21.1 Å². The first kappa shape index (κ1) is 15.0. The third kappa shape index (κ3) is 3.08. The molecule has 24 heavy (non-hydrogen) atoms. The van der Waals surface area contributed by atoms with Crippen LogP contribution in [0.4, 0.5) is 5.82 Å². The number of anilines is 1. The first-order valence-corrected chi connectivity index (χ1v) is 8.54. The highest BCUT2D eigenvalue weighted by atomic mass is 32.1. The molecular weight excluding hydrogens is 326 g/mol. The van der Waals surface area contributed by atoms with Gasteiger partial charge in [-0.15, -0.1) is 16.4 Å². The van der Waals surface area contributed by atoms with E-state index in [0.717, 1.165) is 30.2 Å². The van der Waals surface area contributed by atoms with Gasteiger partial charge in [-0.3, -0.25) is 14.4 Å². The molecule has 0 radical (unpaired) electrons. The molecule has 0 saturated heterocycles. The molecule has 0 unspecified atom stereocenters. The SMILES string of the molecule is CN1CCn2nc(NC(=O)c3cn(Cc4cccs4)nn3)cc2C1. The third-order valence-electron chi connectivity index (χ3n) is 3.90. The van der Waals surface area contributed by atoms with E-state index in [-0.39, 0.29) is 11.6 Å². The van der Waals surface area contributed by atoms with Gasteiger partial charge in [-0.2, -0.15) is 5.10 Å². The lowest BCUT2D eigenvalue weighted by atomic mass is 10.3. The van der Waals surface area contributed by atoms with Crippen LogP contribution in [0.2, 0.25) is 0 Å². The Hall–Kier alpha value is -2.52. The minimum absolute atomic E-state index is 0.287. The smallest absolute Gasteiger partial charge is 0.279 e. The normalized spacial score (nSPS) is 14.5. The van der Waals surface area contributed by atoms with Crippen LogP contribution in [0.25, 0.3) is 0 Å². The Labute approximate surface area is 142 Å². The van der Waals surface area contributed by atoms with Crippen molar-refractivity contribution < 1.29 is 4.79 Å². The average Bonchev–Trinajstić information content (AvgIpc) is 3.27. The fourth-order valence-electron chi connectivity index (χ4n) is 2.68. The minimum Gasteiger partial charge on any atom is -0.304 e. The molecule has 9 heteroatoms. The minimum atomic E-state index is -0.295. The Kier molecular flexibility index (Phi) is 3.87. The van der Waals surface area contributed by atoms with Gasteiger partial charge in [0.1, 0.15) is 0 Å². The molecule has 1 N–H and O–H groups in total. The number of rotatable bonds is 4. The molecular formula is C15H17N7OS. The summed E-state index contributed by atoms with van der Waals surface area (Å²) in [6, 6.07) is 5.92. The molecule has 0 aliphatic carbocycles. The van der Waals surface area contributed by atoms with Crippen LogP contribution >= 0.6 is 11.3 Å². The van der Waals surface area contributed by atoms with Gasteiger partial charge in [-0.25, -0.2) is 4.68 Å². The second-order valence-corrected chi connectivity index (χ2v) is 6.85. The molecule has 0 spiro atoms. The van der Waals surface area contributed by atoms with E-state index in [4.69, 9.17) is 0 Å². The maximum Gasteiger partial charge on any atom is 0.279 e. The number of hydrogen-bond donors (Lipinski definition) is 1. The molecule has 0 aromatic carbocycles. The Morgan fingerprint density at radius 2 is 2.33 bits per heavy atom. The molecule has 0 saturated carbocycles. The van der Waals surface area contributed by atoms with Crippen molar-refractivity contribution in [2.24, 2.45) is 0 Å². The molecule has 4 heterocycles. The number of amides is 1. The molecule has 3 aromatic heterocycles. The number of nitrogens with one attached hydrogen (secondary N) is 1. The zero-order valence-electron chi connectivity index (χ0n) is 13.2. The van der Waals surface area contributed by atoms with Gasteiger partial charge >= 0.3 is 0 Å². The van der Waals surface area contributed by atoms with Gasteiger partial charge in [0.25, 0.3) is 5.91 Å². The number of thiophene rings is 1. The lowest BCUT2D eigenvalue weighted by Crippen LogP contribution is -2.30. The van der Waals surface area contributed by atoms with Crippen molar-refractivity contribution in [3.05, 3.63) is 46.0 Å². The molecule has 1 amide bonds. The average molecular weight is 343 g/mol. The van der Waals surface area contributed by atoms with Crippen molar-refractivity contribution in [3.63, 3.8) is 0 Å². The first-order chi connectivity index (χ1) is 11.7. The standard InChI is InChI=1S/C15H17N7OS/c1-20-4-5-22-11(8-20)7-14(18-22)16-15(23)13-10-21(19-17-13)9-12-3-2-6-24-12/h2-3,6-7,10H,4-5,8-9H2,1H3,(H,16,18,23). The summed E-state index contributed by atoms with van der Waals surface area (Å²) >= 11 is 1.65. The van der Waals surface area contributed by atoms with Crippen LogP contribution < -0.4 is 5.32 Å². The first-order valence-electron chi connectivity index (χ1n) is 7.66. The van der Waals surface area contributed by atoms with Gasteiger partial charge < -0.3 is 5.32 Å². The van der Waals surface area contributed by atoms with E-state index in [2.05, 4.69) is 32.7 Å². The lowest BCUT2D eigenvalue weighted by Gasteiger charge is -2.22. The van der Waals surface area contributed by atoms with Gasteiger partial charge in [0.15, 0.2) is 11.5 Å². The summed E-state index contributed by atoms with van der Waals surface area (Å²) in [7, 11) is 2.07. The Bertz CT molecular complexity index is 851. The fourth-order valence-corrected chi connectivity index (χ4v) is 3.38. The lowest BCUT2D eigenvalue weighted by molar-refractivity contribution is 0.102. The van der Waals surface area contributed by atoms with E-state index in [9.17, 15) is 4.79 Å². The van der Waals surface area contributed by atoms with Gasteiger partial charge in [-0.1, -0.05) is 11.3 Å². The second-order valence-electron chi connectivity index (χ2n) is 5.82. The quantitative estimate of drug-likeness (QED) is 0.772. The van der Waals surface area contributed by atoms with Crippen molar-refractivity contribution in [1.82, 2.24) is 29.7 Å². The predicted octanol–water partition coefficient (Wildman–Crippen LogP) is 1.28. The van der Waals surface area contributed by atoms with E-state index in [1.807, 2.05) is 28.3 Å². The molecule has 3 aromatic rings. The molecule has 0 bridgehead atoms. The van der Waals surface area contributed by atoms with Gasteiger partial charge in [0, 0.05) is 24.0 Å². The van der Waals surface area contributed by atoms with E-state index in [1.54, 1.807) is 22.2 Å². The van der Waals surface area contributed by atoms with E-state index in [1.165, 1.54) is 0 Å². The van der Waals surface area contributed by atoms with Gasteiger partial charge in [-0.05, 0) is 18.5 Å². The summed E-state index contributed by atoms with van der Waals surface area (Å²) in [5.74, 6) is 0.259. The highest BCUT2D eigenvalue weighted by Gasteiger charge is 2.18. The molecule has 124 valence electrons. The highest BCUT2D eigenvalue weighted by molar-refractivity contribution is 7.09. The van der Waals surface area contributed by atoms with Crippen LogP contribution in [0.3, 0.4) is 0 Å². The summed E-state index contributed by atoms with van der Waals surface area (Å²) in [6.45, 7) is 3.24. The van der Waals surface area contributed by atoms with Crippen molar-refractivity contribution in [2.75, 3.05) is 18.9 Å². The van der Waals surface area contributed by atoms with Crippen LogP contribution in [-0.4, -0.2) is 49.2 Å². The topological polar surface area (TPSA) is 80.9 Å². The van der Waals surface area contributed by atoms with Crippen LogP contribution in [0.5, 0.6) is 0 Å². The fraction of sp³-hybridized carbons (Fsp3) is 0.333. The van der Waals surface area contributed by atoms with Crippen molar-refractivity contribution in [3.8, 4) is 0 Å². The van der Waals surface area contributed by atoms with Crippen molar-refractivity contribution in [2.45, 2.75) is 19.6 Å². The summed E-state index contributed by atoms with van der Waals surface area (Å²) in [4.78, 5) is 15.7. The van der Waals surface area contributed by atoms with Crippen LogP contribution in [0, 0.1) is 0 Å². The largest absolute Gasteiger partial charge is 0.304 e. The summed E-state index contributed by atoms with van der Waals surface area (Å²) in [6.07, 6.45) is 1.65. The summed E-state index contributed by atoms with van der Waals surface area (Å²) < 4.78 is 3.59. The molecule has 8 nitrogen and oxygen atoms in total. The summed E-state index contributed by atoms with van der Waals surface area (Å²) in [5, 5.41) is 17.2. The van der Waals surface area contributed by atoms with E-state index < -0.39 is 0 Å². The third-order valence-corrected chi connectivity index (χ3v) is 4.76. The Balaban J connectivity index is 1.44. The zero-order valence-corrected chi connectivity index (χ0v) is 14.0. The number of nitrogens with zero attached hydrogens (tertiary/aromatic N) is 6. The molecule has 1 aliphatic heterocycles. The summed E-state index contributed by atoms with van der Waals surface area (Å²) in [5.41, 5.74) is 1.38. The maximum atomic E-state index is 12.3. The predicted molar refractivity (Wildman–Crippen MR) is 90.0 cm³/mol. The van der Waals surface area contributed by atoms with Crippen LogP contribution in [-0.2, 0) is 19.6 Å². The number of aromatic nitrogens is 5. The molecule has 1 aliphatic rings. The number of likely N-dealkylation sites (N-methyl/N-ethyl adjacent to an activating group) is 1. The monoisotopic (exact) mass is 343 g/mol. The second kappa shape index (κ2) is 6.17. The molecule has 0 fully saturated rings.